The number of aliphatic carboxylic acids is 1. The quantitative estimate of drug-likeness (QED) is 0.809. The van der Waals surface area contributed by atoms with E-state index < -0.39 is 5.97 Å². The van der Waals surface area contributed by atoms with Gasteiger partial charge in [-0.1, -0.05) is 18.7 Å². The molecular weight excluding hydrogens is 252 g/mol. The number of rotatable bonds is 5. The Balaban J connectivity index is 2.18. The van der Waals surface area contributed by atoms with Crippen LogP contribution in [0.5, 0.6) is 0 Å². The lowest BCUT2D eigenvalue weighted by molar-refractivity contribution is -0.133. The minimum Gasteiger partial charge on any atom is -0.481 e. The summed E-state index contributed by atoms with van der Waals surface area (Å²) in [5.41, 5.74) is 0. The van der Waals surface area contributed by atoms with Gasteiger partial charge in [0.05, 0.1) is 5.75 Å². The van der Waals surface area contributed by atoms with Crippen LogP contribution in [0.25, 0.3) is 0 Å². The molecule has 0 radical (unpaired) electrons. The number of carbonyl (C=O) groups is 1. The van der Waals surface area contributed by atoms with Crippen LogP contribution in [-0.2, 0) is 11.2 Å². The van der Waals surface area contributed by atoms with Gasteiger partial charge in [-0.15, -0.1) is 10.2 Å². The van der Waals surface area contributed by atoms with Crippen LogP contribution < -0.4 is 5.01 Å². The van der Waals surface area contributed by atoms with Crippen LogP contribution in [0.2, 0.25) is 0 Å². The van der Waals surface area contributed by atoms with Gasteiger partial charge in [-0.05, 0) is 19.3 Å². The van der Waals surface area contributed by atoms with E-state index in [4.69, 9.17) is 5.11 Å². The number of hydrogen-bond acceptors (Lipinski definition) is 5. The highest BCUT2D eigenvalue weighted by atomic mass is 32.2. The van der Waals surface area contributed by atoms with Crippen molar-refractivity contribution in [3.63, 3.8) is 0 Å². The molecule has 0 saturated carbocycles. The summed E-state index contributed by atoms with van der Waals surface area (Å²) >= 11 is 1.23. The van der Waals surface area contributed by atoms with Crippen molar-refractivity contribution in [1.82, 2.24) is 14.9 Å². The summed E-state index contributed by atoms with van der Waals surface area (Å²) in [6.07, 6.45) is 4.41. The van der Waals surface area contributed by atoms with Gasteiger partial charge < -0.3 is 10.1 Å². The zero-order chi connectivity index (χ0) is 13.0. The predicted octanol–water partition coefficient (Wildman–Crippen LogP) is 1.14. The van der Waals surface area contributed by atoms with Crippen molar-refractivity contribution in [1.29, 1.82) is 0 Å². The van der Waals surface area contributed by atoms with Crippen molar-refractivity contribution >= 4 is 17.7 Å². The number of thioether (sulfide) groups is 1. The molecule has 2 rings (SSSR count). The Morgan fingerprint density at radius 1 is 1.33 bits per heavy atom. The maximum atomic E-state index is 10.6. The molecule has 0 amide bonds. The fraction of sp³-hybridized carbons (Fsp3) is 0.727. The van der Waals surface area contributed by atoms with E-state index in [1.165, 1.54) is 31.0 Å². The molecule has 0 unspecified atom stereocenters. The van der Waals surface area contributed by atoms with E-state index in [0.717, 1.165) is 25.3 Å². The van der Waals surface area contributed by atoms with Crippen molar-refractivity contribution in [3.8, 4) is 0 Å². The van der Waals surface area contributed by atoms with Crippen molar-refractivity contribution in [3.05, 3.63) is 5.82 Å². The van der Waals surface area contributed by atoms with Crippen molar-refractivity contribution in [2.45, 2.75) is 37.8 Å². The van der Waals surface area contributed by atoms with Gasteiger partial charge in [-0.3, -0.25) is 4.79 Å². The fourth-order valence-corrected chi connectivity index (χ4v) is 2.79. The average molecular weight is 270 g/mol. The Labute approximate surface area is 110 Å². The lowest BCUT2D eigenvalue weighted by atomic mass is 10.2. The highest BCUT2D eigenvalue weighted by Crippen LogP contribution is 2.20. The monoisotopic (exact) mass is 270 g/mol. The largest absolute Gasteiger partial charge is 0.481 e. The van der Waals surface area contributed by atoms with E-state index in [2.05, 4.69) is 15.2 Å². The number of carboxylic acid groups (broad SMARTS) is 1. The van der Waals surface area contributed by atoms with Crippen molar-refractivity contribution < 1.29 is 9.90 Å². The maximum Gasteiger partial charge on any atom is 0.313 e. The van der Waals surface area contributed by atoms with E-state index in [-0.39, 0.29) is 5.75 Å². The van der Waals surface area contributed by atoms with Gasteiger partial charge >= 0.3 is 5.97 Å². The molecule has 1 N–H and O–H groups in total. The molecule has 1 aromatic heterocycles. The Morgan fingerprint density at radius 3 is 2.67 bits per heavy atom. The SMILES string of the molecule is CCc1nnc(SCC(=O)O)n1N1CCCCC1. The maximum absolute atomic E-state index is 10.6. The standard InChI is InChI=1S/C11H18N4O2S/c1-2-9-12-13-11(18-8-10(16)17)15(9)14-6-4-3-5-7-14/h2-8H2,1H3,(H,16,17). The molecule has 2 heterocycles. The van der Waals surface area contributed by atoms with Crippen LogP contribution >= 0.6 is 11.8 Å². The smallest absolute Gasteiger partial charge is 0.313 e. The van der Waals surface area contributed by atoms with E-state index >= 15 is 0 Å². The van der Waals surface area contributed by atoms with Crippen molar-refractivity contribution in [2.24, 2.45) is 0 Å². The third-order valence-electron chi connectivity index (χ3n) is 2.93. The van der Waals surface area contributed by atoms with Gasteiger partial charge in [0.25, 0.3) is 0 Å². The Hall–Kier alpha value is -1.24. The van der Waals surface area contributed by atoms with Gasteiger partial charge in [0.1, 0.15) is 0 Å². The highest BCUT2D eigenvalue weighted by Gasteiger charge is 2.19. The fourth-order valence-electron chi connectivity index (χ4n) is 2.09. The lowest BCUT2D eigenvalue weighted by Crippen LogP contribution is -2.40. The molecule has 7 heteroatoms. The minimum atomic E-state index is -0.828. The van der Waals surface area contributed by atoms with Gasteiger partial charge in [-0.25, -0.2) is 4.68 Å². The van der Waals surface area contributed by atoms with E-state index in [9.17, 15) is 4.79 Å². The minimum absolute atomic E-state index is 0.0235. The van der Waals surface area contributed by atoms with Crippen LogP contribution in [-0.4, -0.2) is 44.8 Å². The summed E-state index contributed by atoms with van der Waals surface area (Å²) in [6, 6.07) is 0. The third kappa shape index (κ3) is 2.95. The summed E-state index contributed by atoms with van der Waals surface area (Å²) in [6.45, 7) is 4.02. The predicted molar refractivity (Wildman–Crippen MR) is 69.6 cm³/mol. The van der Waals surface area contributed by atoms with Crippen LogP contribution in [0.4, 0.5) is 0 Å². The van der Waals surface area contributed by atoms with Crippen LogP contribution in [0, 0.1) is 0 Å². The summed E-state index contributed by atoms with van der Waals surface area (Å²) < 4.78 is 2.01. The lowest BCUT2D eigenvalue weighted by Gasteiger charge is -2.31. The van der Waals surface area contributed by atoms with Crippen LogP contribution in [0.3, 0.4) is 0 Å². The van der Waals surface area contributed by atoms with Gasteiger partial charge in [-0.2, -0.15) is 0 Å². The molecule has 6 nitrogen and oxygen atoms in total. The van der Waals surface area contributed by atoms with Gasteiger partial charge in [0.2, 0.25) is 5.16 Å². The third-order valence-corrected chi connectivity index (χ3v) is 3.84. The average Bonchev–Trinajstić information content (AvgIpc) is 2.80. The molecule has 0 bridgehead atoms. The Bertz CT molecular complexity index is 415. The molecule has 0 atom stereocenters. The van der Waals surface area contributed by atoms with Gasteiger partial charge in [0.15, 0.2) is 5.82 Å². The van der Waals surface area contributed by atoms with E-state index in [1.807, 2.05) is 11.6 Å². The van der Waals surface area contributed by atoms with E-state index in [1.54, 1.807) is 0 Å². The molecule has 0 aliphatic carbocycles. The first-order chi connectivity index (χ1) is 8.72. The summed E-state index contributed by atoms with van der Waals surface area (Å²) in [7, 11) is 0. The second-order valence-electron chi connectivity index (χ2n) is 4.26. The topological polar surface area (TPSA) is 71.2 Å². The molecule has 1 saturated heterocycles. The second-order valence-corrected chi connectivity index (χ2v) is 5.20. The molecule has 100 valence electrons. The summed E-state index contributed by atoms with van der Waals surface area (Å²) in [5, 5.41) is 19.9. The molecule has 1 aliphatic heterocycles. The summed E-state index contributed by atoms with van der Waals surface area (Å²) in [4.78, 5) is 10.6. The highest BCUT2D eigenvalue weighted by molar-refractivity contribution is 7.99. The number of hydrogen-bond donors (Lipinski definition) is 1. The number of aromatic nitrogens is 3. The Morgan fingerprint density at radius 2 is 2.06 bits per heavy atom. The molecule has 1 aromatic rings. The zero-order valence-corrected chi connectivity index (χ0v) is 11.3. The van der Waals surface area contributed by atoms with Crippen LogP contribution in [0.1, 0.15) is 32.0 Å². The molecule has 1 fully saturated rings. The first kappa shape index (κ1) is 13.2. The molecule has 18 heavy (non-hydrogen) atoms. The van der Waals surface area contributed by atoms with E-state index in [0.29, 0.717) is 5.16 Å². The molecule has 1 aliphatic rings. The molecule has 0 spiro atoms. The van der Waals surface area contributed by atoms with Crippen molar-refractivity contribution in [2.75, 3.05) is 23.9 Å². The second kappa shape index (κ2) is 6.08. The van der Waals surface area contributed by atoms with Gasteiger partial charge in [0, 0.05) is 19.5 Å². The molecular formula is C11H18N4O2S. The summed E-state index contributed by atoms with van der Waals surface area (Å²) in [5.74, 6) is 0.103. The Kier molecular flexibility index (Phi) is 4.46. The first-order valence-corrected chi connectivity index (χ1v) is 7.25. The molecule has 0 aromatic carbocycles. The normalized spacial score (nSPS) is 15.9. The number of carboxylic acids is 1. The van der Waals surface area contributed by atoms with Crippen LogP contribution in [0.15, 0.2) is 5.16 Å². The zero-order valence-electron chi connectivity index (χ0n) is 10.5. The number of aryl methyl sites for hydroxylation is 1. The first-order valence-electron chi connectivity index (χ1n) is 6.26. The number of piperidine rings is 1. The number of nitrogens with zero attached hydrogens (tertiary/aromatic N) is 4.